The van der Waals surface area contributed by atoms with Gasteiger partial charge in [0, 0.05) is 17.7 Å². The predicted octanol–water partition coefficient (Wildman–Crippen LogP) is 11.8. The highest BCUT2D eigenvalue weighted by Crippen LogP contribution is 2.46. The van der Waals surface area contributed by atoms with Crippen molar-refractivity contribution in [1.29, 1.82) is 0 Å². The van der Waals surface area contributed by atoms with E-state index in [4.69, 9.17) is 0 Å². The summed E-state index contributed by atoms with van der Waals surface area (Å²) in [4.78, 5) is 0. The summed E-state index contributed by atoms with van der Waals surface area (Å²) in [6.07, 6.45) is 0. The Balaban J connectivity index is 1.44. The Labute approximate surface area is 275 Å². The lowest BCUT2D eigenvalue weighted by Gasteiger charge is -2.37. The van der Waals surface area contributed by atoms with Gasteiger partial charge in [0.2, 0.25) is 0 Å². The zero-order valence-electron chi connectivity index (χ0n) is 25.5. The Morgan fingerprint density at radius 2 is 0.646 bits per heavy atom. The van der Waals surface area contributed by atoms with Crippen LogP contribution in [0.5, 0.6) is 0 Å². The maximum Gasteiger partial charge on any atom is 0.131 e. The second-order valence-electron chi connectivity index (χ2n) is 11.6. The Morgan fingerprint density at radius 3 is 1.06 bits per heavy atom. The normalized spacial score (nSPS) is 11.4. The van der Waals surface area contributed by atoms with Crippen molar-refractivity contribution in [2.45, 2.75) is 5.41 Å². The van der Waals surface area contributed by atoms with Crippen LogP contribution in [0, 0.1) is 29.1 Å². The van der Waals surface area contributed by atoms with Crippen LogP contribution in [0.4, 0.5) is 22.0 Å². The van der Waals surface area contributed by atoms with Crippen LogP contribution in [0.1, 0.15) is 22.3 Å². The van der Waals surface area contributed by atoms with E-state index in [-0.39, 0.29) is 5.82 Å². The third kappa shape index (κ3) is 5.80. The predicted molar refractivity (Wildman–Crippen MR) is 181 cm³/mol. The van der Waals surface area contributed by atoms with Gasteiger partial charge in [0.15, 0.2) is 0 Å². The smallest absolute Gasteiger partial charge is 0.131 e. The van der Waals surface area contributed by atoms with Crippen LogP contribution in [-0.4, -0.2) is 0 Å². The summed E-state index contributed by atoms with van der Waals surface area (Å²) in [6.45, 7) is 0. The highest BCUT2D eigenvalue weighted by Gasteiger charge is 2.38. The van der Waals surface area contributed by atoms with Crippen LogP contribution in [0.15, 0.2) is 164 Å². The average molecular weight is 639 g/mol. The topological polar surface area (TPSA) is 0 Å². The van der Waals surface area contributed by atoms with Crippen molar-refractivity contribution in [3.8, 4) is 33.4 Å². The molecule has 48 heavy (non-hydrogen) atoms. The van der Waals surface area contributed by atoms with E-state index in [1.54, 1.807) is 18.2 Å². The lowest BCUT2D eigenvalue weighted by molar-refractivity contribution is 0.583. The first-order valence-corrected chi connectivity index (χ1v) is 15.4. The molecule has 0 heterocycles. The van der Waals surface area contributed by atoms with Gasteiger partial charge in [0.05, 0.1) is 5.41 Å². The highest BCUT2D eigenvalue weighted by molar-refractivity contribution is 5.71. The van der Waals surface area contributed by atoms with E-state index in [1.165, 1.54) is 30.3 Å². The van der Waals surface area contributed by atoms with Crippen molar-refractivity contribution in [1.82, 2.24) is 0 Å². The number of hydrogen-bond acceptors (Lipinski definition) is 0. The molecule has 0 nitrogen and oxygen atoms in total. The summed E-state index contributed by atoms with van der Waals surface area (Å²) in [5, 5.41) is 0. The Bertz CT molecular complexity index is 2070. The summed E-state index contributed by atoms with van der Waals surface area (Å²) < 4.78 is 71.2. The number of halogens is 5. The van der Waals surface area contributed by atoms with Gasteiger partial charge in [-0.3, -0.25) is 0 Å². The Hall–Kier alpha value is -5.81. The first-order chi connectivity index (χ1) is 23.3. The minimum absolute atomic E-state index is 0.326. The minimum atomic E-state index is -0.924. The van der Waals surface area contributed by atoms with Crippen LogP contribution in [0.2, 0.25) is 0 Å². The second-order valence-corrected chi connectivity index (χ2v) is 11.6. The summed E-state index contributed by atoms with van der Waals surface area (Å²) in [7, 11) is 0. The van der Waals surface area contributed by atoms with Crippen LogP contribution >= 0.6 is 0 Å². The van der Waals surface area contributed by atoms with Gasteiger partial charge in [-0.2, -0.15) is 0 Å². The fourth-order valence-electron chi connectivity index (χ4n) is 6.55. The van der Waals surface area contributed by atoms with Crippen molar-refractivity contribution in [2.75, 3.05) is 0 Å². The first-order valence-electron chi connectivity index (χ1n) is 15.4. The van der Waals surface area contributed by atoms with Crippen molar-refractivity contribution in [2.24, 2.45) is 0 Å². The van der Waals surface area contributed by atoms with Gasteiger partial charge < -0.3 is 0 Å². The molecule has 0 fully saturated rings. The zero-order valence-corrected chi connectivity index (χ0v) is 25.5. The van der Waals surface area contributed by atoms with Crippen LogP contribution < -0.4 is 0 Å². The van der Waals surface area contributed by atoms with Gasteiger partial charge in [-0.25, -0.2) is 22.0 Å². The van der Waals surface area contributed by atoms with Gasteiger partial charge in [-0.1, -0.05) is 121 Å². The molecule has 7 aromatic carbocycles. The monoisotopic (exact) mass is 638 g/mol. The molecule has 0 aliphatic carbocycles. The lowest BCUT2D eigenvalue weighted by Crippen LogP contribution is -2.31. The molecular formula is C43H27F5. The molecule has 0 bridgehead atoms. The number of hydrogen-bond donors (Lipinski definition) is 0. The van der Waals surface area contributed by atoms with Crippen LogP contribution in [-0.2, 0) is 5.41 Å². The molecule has 0 aromatic heterocycles. The molecule has 0 amide bonds. The molecule has 5 heteroatoms. The fraction of sp³-hybridized carbons (Fsp3) is 0.0233. The van der Waals surface area contributed by atoms with E-state index in [0.29, 0.717) is 33.4 Å². The van der Waals surface area contributed by atoms with Crippen molar-refractivity contribution in [3.63, 3.8) is 0 Å². The summed E-state index contributed by atoms with van der Waals surface area (Å²) >= 11 is 0. The average Bonchev–Trinajstić information content (AvgIpc) is 3.09. The van der Waals surface area contributed by atoms with Gasteiger partial charge in [0.1, 0.15) is 29.1 Å². The molecule has 0 N–H and O–H groups in total. The van der Waals surface area contributed by atoms with Crippen molar-refractivity contribution < 1.29 is 22.0 Å². The first kappa shape index (κ1) is 30.8. The largest absolute Gasteiger partial charge is 0.207 e. The fourth-order valence-corrected chi connectivity index (χ4v) is 6.55. The summed E-state index contributed by atoms with van der Waals surface area (Å²) in [5.41, 5.74) is 5.88. The third-order valence-corrected chi connectivity index (χ3v) is 8.74. The molecule has 234 valence electrons. The van der Waals surface area contributed by atoms with Crippen LogP contribution in [0.3, 0.4) is 0 Å². The molecule has 0 aliphatic rings. The molecule has 0 spiro atoms. The van der Waals surface area contributed by atoms with E-state index in [0.717, 1.165) is 34.4 Å². The van der Waals surface area contributed by atoms with Crippen molar-refractivity contribution in [3.05, 3.63) is 215 Å². The molecule has 0 saturated heterocycles. The van der Waals surface area contributed by atoms with Gasteiger partial charge in [-0.05, 0) is 80.4 Å². The second kappa shape index (κ2) is 12.8. The summed E-state index contributed by atoms with van der Waals surface area (Å²) in [6, 6.07) is 46.1. The molecular weight excluding hydrogens is 611 g/mol. The van der Waals surface area contributed by atoms with Crippen molar-refractivity contribution >= 4 is 0 Å². The highest BCUT2D eigenvalue weighted by atomic mass is 19.1. The molecule has 0 aliphatic heterocycles. The van der Waals surface area contributed by atoms with Crippen LogP contribution in [0.25, 0.3) is 33.4 Å². The molecule has 0 radical (unpaired) electrons. The Morgan fingerprint density at radius 1 is 0.292 bits per heavy atom. The Kier molecular flexibility index (Phi) is 8.20. The van der Waals surface area contributed by atoms with Gasteiger partial charge >= 0.3 is 0 Å². The number of benzene rings is 7. The van der Waals surface area contributed by atoms with E-state index >= 15 is 0 Å². The van der Waals surface area contributed by atoms with Gasteiger partial charge in [-0.15, -0.1) is 0 Å². The standard InChI is InChI=1S/C43H27F5/c44-37-22-31(23-38(45)26-37)28-10-16-34(17-11-28)43(33-6-2-1-3-7-33,36-20-14-30(15-21-36)41-8-4-5-9-42(41)48)35-18-12-29(13-19-35)32-24-39(46)27-40(47)25-32/h1-27H. The van der Waals surface area contributed by atoms with E-state index < -0.39 is 28.7 Å². The molecule has 7 rings (SSSR count). The lowest BCUT2D eigenvalue weighted by atomic mass is 9.64. The SMILES string of the molecule is Fc1cc(F)cc(-c2ccc(C(c3ccccc3)(c3ccc(-c4cc(F)cc(F)c4)cc3)c3ccc(-c4ccccc4F)cc3)cc2)c1. The molecule has 0 atom stereocenters. The molecule has 0 saturated carbocycles. The van der Waals surface area contributed by atoms with E-state index in [1.807, 2.05) is 103 Å². The third-order valence-electron chi connectivity index (χ3n) is 8.74. The minimum Gasteiger partial charge on any atom is -0.207 e. The molecule has 0 unspecified atom stereocenters. The maximum atomic E-state index is 14.8. The quantitative estimate of drug-likeness (QED) is 0.120. The number of rotatable bonds is 7. The maximum absolute atomic E-state index is 14.8. The zero-order chi connectivity index (χ0) is 33.3. The van der Waals surface area contributed by atoms with E-state index in [9.17, 15) is 22.0 Å². The molecule has 7 aromatic rings. The van der Waals surface area contributed by atoms with E-state index in [2.05, 4.69) is 0 Å². The van der Waals surface area contributed by atoms with Gasteiger partial charge in [0.25, 0.3) is 0 Å². The summed E-state index contributed by atoms with van der Waals surface area (Å²) in [5.74, 6) is -2.99.